The SMILES string of the molecule is C=CCN(C1CC1)S(=O)(=O)c1cc(C)c(CNC2CC2)s1. The topological polar surface area (TPSA) is 49.4 Å². The van der Waals surface area contributed by atoms with Gasteiger partial charge in [-0.2, -0.15) is 4.31 Å². The van der Waals surface area contributed by atoms with Crippen molar-refractivity contribution >= 4 is 21.4 Å². The summed E-state index contributed by atoms with van der Waals surface area (Å²) in [6.45, 7) is 6.86. The average Bonchev–Trinajstić information content (AvgIpc) is 3.33. The standard InChI is InChI=1S/C15H22N2O2S2/c1-3-8-17(13-6-7-13)21(18,19)15-9-11(2)14(20-15)10-16-12-4-5-12/h3,9,12-13,16H,1,4-8,10H2,2H3. The van der Waals surface area contributed by atoms with Gasteiger partial charge in [0.1, 0.15) is 4.21 Å². The Labute approximate surface area is 130 Å². The van der Waals surface area contributed by atoms with Gasteiger partial charge in [-0.05, 0) is 44.2 Å². The predicted molar refractivity (Wildman–Crippen MR) is 86.0 cm³/mol. The van der Waals surface area contributed by atoms with Gasteiger partial charge in [-0.3, -0.25) is 0 Å². The van der Waals surface area contributed by atoms with E-state index in [-0.39, 0.29) is 6.04 Å². The van der Waals surface area contributed by atoms with E-state index >= 15 is 0 Å². The third kappa shape index (κ3) is 3.39. The molecule has 0 unspecified atom stereocenters. The van der Waals surface area contributed by atoms with Gasteiger partial charge in [0.2, 0.25) is 0 Å². The normalized spacial score (nSPS) is 19.1. The molecule has 1 aromatic rings. The molecule has 1 N–H and O–H groups in total. The lowest BCUT2D eigenvalue weighted by molar-refractivity contribution is 0.437. The number of sulfonamides is 1. The Morgan fingerprint density at radius 2 is 2.14 bits per heavy atom. The summed E-state index contributed by atoms with van der Waals surface area (Å²) in [7, 11) is -3.37. The molecule has 4 nitrogen and oxygen atoms in total. The quantitative estimate of drug-likeness (QED) is 0.747. The van der Waals surface area contributed by atoms with E-state index < -0.39 is 10.0 Å². The van der Waals surface area contributed by atoms with Crippen molar-refractivity contribution in [2.45, 2.75) is 55.4 Å². The lowest BCUT2D eigenvalue weighted by Gasteiger charge is -2.18. The molecular weight excluding hydrogens is 304 g/mol. The van der Waals surface area contributed by atoms with Crippen LogP contribution in [0.5, 0.6) is 0 Å². The van der Waals surface area contributed by atoms with Crippen LogP contribution in [0.3, 0.4) is 0 Å². The second-order valence-electron chi connectivity index (χ2n) is 5.92. The van der Waals surface area contributed by atoms with Gasteiger partial charge >= 0.3 is 0 Å². The van der Waals surface area contributed by atoms with Crippen molar-refractivity contribution in [2.75, 3.05) is 6.54 Å². The second-order valence-corrected chi connectivity index (χ2v) is 9.18. The summed E-state index contributed by atoms with van der Waals surface area (Å²) >= 11 is 1.41. The van der Waals surface area contributed by atoms with Crippen molar-refractivity contribution in [3.05, 3.63) is 29.2 Å². The Morgan fingerprint density at radius 1 is 1.43 bits per heavy atom. The van der Waals surface area contributed by atoms with Gasteiger partial charge in [0.15, 0.2) is 0 Å². The van der Waals surface area contributed by atoms with Gasteiger partial charge in [-0.15, -0.1) is 17.9 Å². The first-order chi connectivity index (χ1) is 10.0. The lowest BCUT2D eigenvalue weighted by Crippen LogP contribution is -2.32. The summed E-state index contributed by atoms with van der Waals surface area (Å²) in [5.41, 5.74) is 1.07. The van der Waals surface area contributed by atoms with Crippen molar-refractivity contribution < 1.29 is 8.42 Å². The molecule has 1 aromatic heterocycles. The highest BCUT2D eigenvalue weighted by Gasteiger charge is 2.38. The fourth-order valence-electron chi connectivity index (χ4n) is 2.36. The van der Waals surface area contributed by atoms with E-state index in [1.807, 2.05) is 13.0 Å². The van der Waals surface area contributed by atoms with E-state index in [4.69, 9.17) is 0 Å². The van der Waals surface area contributed by atoms with Crippen LogP contribution in [0.2, 0.25) is 0 Å². The Hall–Kier alpha value is -0.690. The van der Waals surface area contributed by atoms with E-state index in [0.29, 0.717) is 16.8 Å². The van der Waals surface area contributed by atoms with E-state index in [0.717, 1.165) is 29.8 Å². The molecule has 0 spiro atoms. The van der Waals surface area contributed by atoms with Gasteiger partial charge in [0.05, 0.1) is 0 Å². The summed E-state index contributed by atoms with van der Waals surface area (Å²) in [6, 6.07) is 2.63. The van der Waals surface area contributed by atoms with Crippen molar-refractivity contribution in [1.29, 1.82) is 0 Å². The molecule has 3 rings (SSSR count). The monoisotopic (exact) mass is 326 g/mol. The molecule has 2 saturated carbocycles. The highest BCUT2D eigenvalue weighted by atomic mass is 32.2. The van der Waals surface area contributed by atoms with Crippen LogP contribution in [-0.4, -0.2) is 31.4 Å². The molecule has 0 aliphatic heterocycles. The summed E-state index contributed by atoms with van der Waals surface area (Å²) in [5.74, 6) is 0. The van der Waals surface area contributed by atoms with Crippen molar-refractivity contribution in [1.82, 2.24) is 9.62 Å². The molecule has 0 atom stereocenters. The van der Waals surface area contributed by atoms with E-state index in [2.05, 4.69) is 11.9 Å². The minimum absolute atomic E-state index is 0.170. The van der Waals surface area contributed by atoms with Gasteiger partial charge in [-0.25, -0.2) is 8.42 Å². The fourth-order valence-corrected chi connectivity index (χ4v) is 5.69. The maximum absolute atomic E-state index is 12.8. The molecule has 2 fully saturated rings. The van der Waals surface area contributed by atoms with Crippen LogP contribution in [0.4, 0.5) is 0 Å². The Bertz CT molecular complexity index is 628. The van der Waals surface area contributed by atoms with Crippen LogP contribution < -0.4 is 5.32 Å². The molecule has 21 heavy (non-hydrogen) atoms. The number of rotatable bonds is 8. The Balaban J connectivity index is 1.80. The number of nitrogens with one attached hydrogen (secondary N) is 1. The molecule has 116 valence electrons. The maximum Gasteiger partial charge on any atom is 0.253 e. The molecule has 0 saturated heterocycles. The van der Waals surface area contributed by atoms with Crippen LogP contribution in [-0.2, 0) is 16.6 Å². The van der Waals surface area contributed by atoms with Crippen molar-refractivity contribution in [2.24, 2.45) is 0 Å². The summed E-state index contributed by atoms with van der Waals surface area (Å²) in [4.78, 5) is 1.13. The molecule has 2 aliphatic carbocycles. The van der Waals surface area contributed by atoms with Crippen LogP contribution in [0.25, 0.3) is 0 Å². The van der Waals surface area contributed by atoms with Crippen molar-refractivity contribution in [3.8, 4) is 0 Å². The van der Waals surface area contributed by atoms with Crippen LogP contribution in [0.15, 0.2) is 22.9 Å². The molecule has 0 bridgehead atoms. The minimum atomic E-state index is -3.37. The largest absolute Gasteiger partial charge is 0.309 e. The van der Waals surface area contributed by atoms with E-state index in [1.165, 1.54) is 24.2 Å². The smallest absolute Gasteiger partial charge is 0.253 e. The summed E-state index contributed by atoms with van der Waals surface area (Å²) < 4.78 is 27.6. The zero-order valence-corrected chi connectivity index (χ0v) is 14.0. The van der Waals surface area contributed by atoms with Gasteiger partial charge in [0, 0.05) is 30.1 Å². The molecule has 0 aromatic carbocycles. The number of thiophene rings is 1. The zero-order chi connectivity index (χ0) is 15.0. The van der Waals surface area contributed by atoms with Crippen molar-refractivity contribution in [3.63, 3.8) is 0 Å². The highest BCUT2D eigenvalue weighted by molar-refractivity contribution is 7.91. The zero-order valence-electron chi connectivity index (χ0n) is 12.3. The average molecular weight is 326 g/mol. The summed E-state index contributed by atoms with van der Waals surface area (Å²) in [6.07, 6.45) is 6.08. The fraction of sp³-hybridized carbons (Fsp3) is 0.600. The molecular formula is C15H22N2O2S2. The molecule has 1 heterocycles. The lowest BCUT2D eigenvalue weighted by atomic mass is 10.3. The maximum atomic E-state index is 12.8. The number of hydrogen-bond acceptors (Lipinski definition) is 4. The van der Waals surface area contributed by atoms with Gasteiger partial charge < -0.3 is 5.32 Å². The number of aryl methyl sites for hydroxylation is 1. The predicted octanol–water partition coefficient (Wildman–Crippen LogP) is 2.65. The second kappa shape index (κ2) is 5.83. The minimum Gasteiger partial charge on any atom is -0.309 e. The van der Waals surface area contributed by atoms with Crippen LogP contribution in [0, 0.1) is 6.92 Å². The van der Waals surface area contributed by atoms with Crippen LogP contribution >= 0.6 is 11.3 Å². The first-order valence-electron chi connectivity index (χ1n) is 7.48. The van der Waals surface area contributed by atoms with Crippen LogP contribution in [0.1, 0.15) is 36.1 Å². The molecule has 6 heteroatoms. The third-order valence-electron chi connectivity index (χ3n) is 3.95. The van der Waals surface area contributed by atoms with Gasteiger partial charge in [-0.1, -0.05) is 6.08 Å². The summed E-state index contributed by atoms with van der Waals surface area (Å²) in [5, 5.41) is 3.45. The van der Waals surface area contributed by atoms with E-state index in [1.54, 1.807) is 10.4 Å². The molecule has 0 amide bonds. The number of nitrogens with zero attached hydrogens (tertiary/aromatic N) is 1. The Morgan fingerprint density at radius 3 is 2.71 bits per heavy atom. The Kier molecular flexibility index (Phi) is 4.23. The first-order valence-corrected chi connectivity index (χ1v) is 9.73. The molecule has 2 aliphatic rings. The molecule has 0 radical (unpaired) electrons. The van der Waals surface area contributed by atoms with Gasteiger partial charge in [0.25, 0.3) is 10.0 Å². The highest BCUT2D eigenvalue weighted by Crippen LogP contribution is 2.35. The number of hydrogen-bond donors (Lipinski definition) is 1. The van der Waals surface area contributed by atoms with E-state index in [9.17, 15) is 8.42 Å². The third-order valence-corrected chi connectivity index (χ3v) is 7.56. The first kappa shape index (κ1) is 15.2.